The number of aryl methyl sites for hydroxylation is 2. The highest BCUT2D eigenvalue weighted by molar-refractivity contribution is 8.18. The van der Waals surface area contributed by atoms with Crippen molar-refractivity contribution in [2.75, 3.05) is 7.11 Å². The number of methoxy groups -OCH3 is 1. The number of thioether (sulfide) groups is 1. The molecule has 9 heteroatoms. The third-order valence-electron chi connectivity index (χ3n) is 5.60. The van der Waals surface area contributed by atoms with Gasteiger partial charge < -0.3 is 14.6 Å². The van der Waals surface area contributed by atoms with Gasteiger partial charge in [-0.05, 0) is 73.5 Å². The molecule has 1 aromatic heterocycles. The predicted octanol–water partition coefficient (Wildman–Crippen LogP) is 5.46. The standard InChI is InChI=1S/C25H24N4O4S/c1-5-17-6-8-19(9-7-17)26-25-27-24(30)23(34-25)13-18-12-15(2)28(16(18)3)21-14-20(29(31)32)10-11-22(21)33-4/h6-14H,5H2,1-4H3,(H,26,27,30)/b23-13-. The van der Waals surface area contributed by atoms with Crippen molar-refractivity contribution < 1.29 is 14.5 Å². The van der Waals surface area contributed by atoms with Gasteiger partial charge in [-0.1, -0.05) is 19.1 Å². The number of carbonyl (C=O) groups excluding carboxylic acids is 1. The van der Waals surface area contributed by atoms with E-state index >= 15 is 0 Å². The molecule has 34 heavy (non-hydrogen) atoms. The Morgan fingerprint density at radius 3 is 2.56 bits per heavy atom. The van der Waals surface area contributed by atoms with Crippen LogP contribution >= 0.6 is 11.8 Å². The number of amidine groups is 1. The second-order valence-electron chi connectivity index (χ2n) is 7.78. The summed E-state index contributed by atoms with van der Waals surface area (Å²) in [6, 6.07) is 14.3. The van der Waals surface area contributed by atoms with Gasteiger partial charge in [-0.2, -0.15) is 0 Å². The van der Waals surface area contributed by atoms with Crippen molar-refractivity contribution in [3.05, 3.63) is 86.1 Å². The monoisotopic (exact) mass is 476 g/mol. The molecule has 0 saturated carbocycles. The van der Waals surface area contributed by atoms with Gasteiger partial charge in [0.15, 0.2) is 5.17 Å². The summed E-state index contributed by atoms with van der Waals surface area (Å²) in [5.74, 6) is 0.301. The lowest BCUT2D eigenvalue weighted by Crippen LogP contribution is -2.19. The van der Waals surface area contributed by atoms with Crippen LogP contribution < -0.4 is 10.1 Å². The minimum Gasteiger partial charge on any atom is -0.495 e. The smallest absolute Gasteiger partial charge is 0.271 e. The van der Waals surface area contributed by atoms with Gasteiger partial charge in [0.1, 0.15) is 5.75 Å². The van der Waals surface area contributed by atoms with Gasteiger partial charge in [0, 0.05) is 23.5 Å². The largest absolute Gasteiger partial charge is 0.495 e. The molecule has 1 saturated heterocycles. The molecule has 2 aromatic carbocycles. The van der Waals surface area contributed by atoms with E-state index in [9.17, 15) is 14.9 Å². The first kappa shape index (κ1) is 23.3. The molecule has 4 rings (SSSR count). The summed E-state index contributed by atoms with van der Waals surface area (Å²) in [6.45, 7) is 5.90. The van der Waals surface area contributed by atoms with E-state index in [-0.39, 0.29) is 11.6 Å². The fourth-order valence-electron chi connectivity index (χ4n) is 3.82. The molecule has 1 aliphatic heterocycles. The SMILES string of the molecule is CCc1ccc(N=C2NC(=O)/C(=C/c3cc(C)n(-c4cc([N+](=O)[O-])ccc4OC)c3C)S2)cc1. The molecule has 174 valence electrons. The quantitative estimate of drug-likeness (QED) is 0.289. The van der Waals surface area contributed by atoms with Gasteiger partial charge in [-0.15, -0.1) is 0 Å². The Hall–Kier alpha value is -3.85. The number of nitrogens with one attached hydrogen (secondary N) is 1. The van der Waals surface area contributed by atoms with Gasteiger partial charge >= 0.3 is 0 Å². The molecule has 1 fully saturated rings. The number of aliphatic imine (C=N–C) groups is 1. The van der Waals surface area contributed by atoms with Crippen LogP contribution in [0.2, 0.25) is 0 Å². The van der Waals surface area contributed by atoms with Gasteiger partial charge in [-0.3, -0.25) is 14.9 Å². The van der Waals surface area contributed by atoms with Crippen LogP contribution in [0, 0.1) is 24.0 Å². The van der Waals surface area contributed by atoms with E-state index in [0.29, 0.717) is 21.5 Å². The Bertz CT molecular complexity index is 1340. The first-order chi connectivity index (χ1) is 16.3. The highest BCUT2D eigenvalue weighted by Crippen LogP contribution is 2.34. The van der Waals surface area contributed by atoms with Crippen molar-refractivity contribution in [3.8, 4) is 11.4 Å². The molecule has 0 aliphatic carbocycles. The first-order valence-corrected chi connectivity index (χ1v) is 11.5. The highest BCUT2D eigenvalue weighted by Gasteiger charge is 2.25. The Kier molecular flexibility index (Phi) is 6.56. The van der Waals surface area contributed by atoms with E-state index < -0.39 is 4.92 Å². The van der Waals surface area contributed by atoms with E-state index in [0.717, 1.165) is 29.1 Å². The highest BCUT2D eigenvalue weighted by atomic mass is 32.2. The lowest BCUT2D eigenvalue weighted by Gasteiger charge is -2.13. The summed E-state index contributed by atoms with van der Waals surface area (Å²) >= 11 is 1.28. The molecule has 0 spiro atoms. The van der Waals surface area contributed by atoms with Crippen LogP contribution in [0.15, 0.2) is 58.4 Å². The Morgan fingerprint density at radius 2 is 1.91 bits per heavy atom. The van der Waals surface area contributed by atoms with Crippen molar-refractivity contribution in [3.63, 3.8) is 0 Å². The number of nitro groups is 1. The maximum absolute atomic E-state index is 12.6. The zero-order chi connectivity index (χ0) is 24.4. The summed E-state index contributed by atoms with van der Waals surface area (Å²) in [7, 11) is 1.53. The van der Waals surface area contributed by atoms with Gasteiger partial charge in [0.25, 0.3) is 11.6 Å². The van der Waals surface area contributed by atoms with E-state index in [1.807, 2.05) is 54.8 Å². The molecule has 1 aliphatic rings. The predicted molar refractivity (Wildman–Crippen MR) is 135 cm³/mol. The van der Waals surface area contributed by atoms with Crippen molar-refractivity contribution >= 4 is 40.3 Å². The Morgan fingerprint density at radius 1 is 1.18 bits per heavy atom. The van der Waals surface area contributed by atoms with Crippen LogP contribution in [0.4, 0.5) is 11.4 Å². The summed E-state index contributed by atoms with van der Waals surface area (Å²) < 4.78 is 7.34. The summed E-state index contributed by atoms with van der Waals surface area (Å²) in [5.41, 5.74) is 5.06. The average Bonchev–Trinajstić information content (AvgIpc) is 3.31. The topological polar surface area (TPSA) is 98.8 Å². The molecule has 1 amide bonds. The normalized spacial score (nSPS) is 15.7. The number of aromatic nitrogens is 1. The number of amides is 1. The van der Waals surface area contributed by atoms with E-state index in [1.54, 1.807) is 6.07 Å². The van der Waals surface area contributed by atoms with Gasteiger partial charge in [0.2, 0.25) is 0 Å². The fraction of sp³-hybridized carbons (Fsp3) is 0.200. The summed E-state index contributed by atoms with van der Waals surface area (Å²) in [5, 5.41) is 14.6. The number of non-ortho nitro benzene ring substituents is 1. The zero-order valence-corrected chi connectivity index (χ0v) is 20.1. The maximum atomic E-state index is 12.6. The third-order valence-corrected chi connectivity index (χ3v) is 6.51. The lowest BCUT2D eigenvalue weighted by atomic mass is 10.2. The molecule has 0 radical (unpaired) electrons. The molecular weight excluding hydrogens is 452 g/mol. The number of carbonyl (C=O) groups is 1. The maximum Gasteiger partial charge on any atom is 0.271 e. The third kappa shape index (κ3) is 4.60. The minimum atomic E-state index is -0.434. The number of rotatable bonds is 6. The molecule has 0 bridgehead atoms. The lowest BCUT2D eigenvalue weighted by molar-refractivity contribution is -0.384. The van der Waals surface area contributed by atoms with E-state index in [1.165, 1.54) is 36.6 Å². The number of hydrogen-bond donors (Lipinski definition) is 1. The average molecular weight is 477 g/mol. The number of hydrogen-bond acceptors (Lipinski definition) is 6. The minimum absolute atomic E-state index is 0.0262. The number of ether oxygens (including phenoxy) is 1. The van der Waals surface area contributed by atoms with Gasteiger partial charge in [0.05, 0.1) is 28.3 Å². The fourth-order valence-corrected chi connectivity index (χ4v) is 4.65. The first-order valence-electron chi connectivity index (χ1n) is 10.7. The summed E-state index contributed by atoms with van der Waals surface area (Å²) in [6.07, 6.45) is 2.77. The van der Waals surface area contributed by atoms with Crippen LogP contribution in [0.3, 0.4) is 0 Å². The van der Waals surface area contributed by atoms with E-state index in [2.05, 4.69) is 17.2 Å². The molecule has 1 N–H and O–H groups in total. The number of nitrogens with zero attached hydrogens (tertiary/aromatic N) is 3. The van der Waals surface area contributed by atoms with Crippen molar-refractivity contribution in [1.29, 1.82) is 0 Å². The molecule has 2 heterocycles. The van der Waals surface area contributed by atoms with Crippen molar-refractivity contribution in [2.24, 2.45) is 4.99 Å². The molecule has 8 nitrogen and oxygen atoms in total. The zero-order valence-electron chi connectivity index (χ0n) is 19.3. The van der Waals surface area contributed by atoms with Gasteiger partial charge in [-0.25, -0.2) is 4.99 Å². The van der Waals surface area contributed by atoms with Crippen LogP contribution in [0.25, 0.3) is 11.8 Å². The van der Waals surface area contributed by atoms with Crippen LogP contribution in [0.5, 0.6) is 5.75 Å². The second kappa shape index (κ2) is 9.56. The van der Waals surface area contributed by atoms with Crippen LogP contribution in [-0.2, 0) is 11.2 Å². The Labute approximate surface area is 201 Å². The molecule has 3 aromatic rings. The van der Waals surface area contributed by atoms with Crippen molar-refractivity contribution in [1.82, 2.24) is 9.88 Å². The number of nitro benzene ring substituents is 1. The Balaban J connectivity index is 1.67. The summed E-state index contributed by atoms with van der Waals surface area (Å²) in [4.78, 5) is 28.5. The molecular formula is C25H24N4O4S. The van der Waals surface area contributed by atoms with Crippen molar-refractivity contribution in [2.45, 2.75) is 27.2 Å². The van der Waals surface area contributed by atoms with Crippen LogP contribution in [-0.4, -0.2) is 27.7 Å². The van der Waals surface area contributed by atoms with E-state index in [4.69, 9.17) is 4.74 Å². The molecule has 0 atom stereocenters. The molecule has 0 unspecified atom stereocenters. The number of benzene rings is 2. The second-order valence-corrected chi connectivity index (χ2v) is 8.81. The van der Waals surface area contributed by atoms with Crippen LogP contribution in [0.1, 0.15) is 29.4 Å².